The number of nitrogens with zero attached hydrogens (tertiary/aromatic N) is 3. The van der Waals surface area contributed by atoms with Gasteiger partial charge in [-0.1, -0.05) is 11.8 Å². The molecule has 0 aromatic carbocycles. The number of imidazole rings is 1. The minimum Gasteiger partial charge on any atom is -0.339 e. The Bertz CT molecular complexity index is 630. The first-order valence-corrected chi connectivity index (χ1v) is 8.18. The summed E-state index contributed by atoms with van der Waals surface area (Å²) in [5, 5.41) is 5.73. The number of aldehydes is 1. The van der Waals surface area contributed by atoms with Crippen LogP contribution in [-0.2, 0) is 4.79 Å². The molecule has 1 saturated heterocycles. The molecular formula is C12H14N4O2S2. The molecule has 0 saturated carbocycles. The van der Waals surface area contributed by atoms with E-state index in [0.717, 1.165) is 37.4 Å². The van der Waals surface area contributed by atoms with Crippen molar-refractivity contribution in [2.45, 2.75) is 5.03 Å². The highest BCUT2D eigenvalue weighted by molar-refractivity contribution is 8.00. The van der Waals surface area contributed by atoms with Gasteiger partial charge in [-0.25, -0.2) is 4.98 Å². The molecule has 2 aromatic heterocycles. The van der Waals surface area contributed by atoms with Gasteiger partial charge in [-0.2, -0.15) is 0 Å². The molecule has 1 amide bonds. The number of aromatic nitrogens is 2. The van der Waals surface area contributed by atoms with Crippen molar-refractivity contribution in [3.8, 4) is 0 Å². The maximum Gasteiger partial charge on any atom is 0.233 e. The number of piperazine rings is 1. The van der Waals surface area contributed by atoms with Gasteiger partial charge in [0.2, 0.25) is 5.91 Å². The van der Waals surface area contributed by atoms with Crippen LogP contribution in [0.4, 0.5) is 0 Å². The summed E-state index contributed by atoms with van der Waals surface area (Å²) in [7, 11) is 0. The van der Waals surface area contributed by atoms with E-state index in [1.54, 1.807) is 4.40 Å². The van der Waals surface area contributed by atoms with Crippen LogP contribution in [0.3, 0.4) is 0 Å². The van der Waals surface area contributed by atoms with E-state index in [2.05, 4.69) is 10.3 Å². The van der Waals surface area contributed by atoms with Crippen LogP contribution in [0.15, 0.2) is 16.6 Å². The Balaban J connectivity index is 1.68. The molecule has 1 fully saturated rings. The quantitative estimate of drug-likeness (QED) is 0.666. The molecule has 6 nitrogen and oxygen atoms in total. The zero-order chi connectivity index (χ0) is 13.9. The third-order valence-corrected chi connectivity index (χ3v) is 4.90. The predicted molar refractivity (Wildman–Crippen MR) is 78.6 cm³/mol. The van der Waals surface area contributed by atoms with Crippen LogP contribution in [0.5, 0.6) is 0 Å². The topological polar surface area (TPSA) is 66.7 Å². The fourth-order valence-electron chi connectivity index (χ4n) is 2.13. The minimum absolute atomic E-state index is 0.102. The molecule has 3 heterocycles. The standard InChI is InChI=1S/C12H14N4O2S2/c17-7-9-11(14-12-16(9)5-6-19-12)20-8-10(18)15-3-1-13-2-4-15/h5-7,13H,1-4,8H2. The molecule has 0 aliphatic carbocycles. The SMILES string of the molecule is O=Cc1c(SCC(=O)N2CCNCC2)nc2sccn12. The fourth-order valence-corrected chi connectivity index (χ4v) is 3.80. The van der Waals surface area contributed by atoms with Crippen molar-refractivity contribution in [2.24, 2.45) is 0 Å². The van der Waals surface area contributed by atoms with E-state index in [9.17, 15) is 9.59 Å². The Morgan fingerprint density at radius 1 is 1.50 bits per heavy atom. The molecule has 106 valence electrons. The van der Waals surface area contributed by atoms with E-state index >= 15 is 0 Å². The number of nitrogens with one attached hydrogen (secondary N) is 1. The molecule has 2 aromatic rings. The second kappa shape index (κ2) is 5.94. The van der Waals surface area contributed by atoms with Crippen molar-refractivity contribution in [3.63, 3.8) is 0 Å². The van der Waals surface area contributed by atoms with Gasteiger partial charge in [0.1, 0.15) is 10.7 Å². The number of hydrogen-bond acceptors (Lipinski definition) is 6. The molecule has 20 heavy (non-hydrogen) atoms. The number of hydrogen-bond donors (Lipinski definition) is 1. The van der Waals surface area contributed by atoms with Gasteiger partial charge in [-0.15, -0.1) is 11.3 Å². The molecule has 0 spiro atoms. The lowest BCUT2D eigenvalue weighted by atomic mass is 10.3. The Morgan fingerprint density at radius 2 is 2.30 bits per heavy atom. The lowest BCUT2D eigenvalue weighted by Crippen LogP contribution is -2.47. The van der Waals surface area contributed by atoms with Crippen LogP contribution < -0.4 is 5.32 Å². The molecule has 1 N–H and O–H groups in total. The second-order valence-corrected chi connectivity index (χ2v) is 6.23. The normalized spacial score (nSPS) is 15.7. The highest BCUT2D eigenvalue weighted by Gasteiger charge is 2.19. The molecule has 0 bridgehead atoms. The van der Waals surface area contributed by atoms with Gasteiger partial charge in [0.25, 0.3) is 0 Å². The summed E-state index contributed by atoms with van der Waals surface area (Å²) in [6, 6.07) is 0. The first-order valence-electron chi connectivity index (χ1n) is 6.31. The number of thiazole rings is 1. The first-order chi connectivity index (χ1) is 9.79. The maximum absolute atomic E-state index is 12.1. The zero-order valence-electron chi connectivity index (χ0n) is 10.7. The summed E-state index contributed by atoms with van der Waals surface area (Å²) in [6.07, 6.45) is 2.61. The van der Waals surface area contributed by atoms with Crippen molar-refractivity contribution in [1.29, 1.82) is 0 Å². The summed E-state index contributed by atoms with van der Waals surface area (Å²) in [4.78, 5) is 30.3. The van der Waals surface area contributed by atoms with Gasteiger partial charge in [0, 0.05) is 37.8 Å². The Labute approximate surface area is 124 Å². The highest BCUT2D eigenvalue weighted by atomic mass is 32.2. The van der Waals surface area contributed by atoms with Crippen molar-refractivity contribution in [3.05, 3.63) is 17.3 Å². The van der Waals surface area contributed by atoms with Gasteiger partial charge < -0.3 is 10.2 Å². The largest absolute Gasteiger partial charge is 0.339 e. The van der Waals surface area contributed by atoms with Crippen molar-refractivity contribution in [2.75, 3.05) is 31.9 Å². The first kappa shape index (κ1) is 13.6. The van der Waals surface area contributed by atoms with Crippen LogP contribution in [0.1, 0.15) is 10.5 Å². The number of amides is 1. The van der Waals surface area contributed by atoms with Crippen molar-refractivity contribution < 1.29 is 9.59 Å². The summed E-state index contributed by atoms with van der Waals surface area (Å²) in [5.41, 5.74) is 0.527. The van der Waals surface area contributed by atoms with Gasteiger partial charge in [-0.3, -0.25) is 14.0 Å². The summed E-state index contributed by atoms with van der Waals surface area (Å²) in [5.74, 6) is 0.427. The van der Waals surface area contributed by atoms with Crippen molar-refractivity contribution in [1.82, 2.24) is 19.6 Å². The predicted octanol–water partition coefficient (Wildman–Crippen LogP) is 0.732. The molecule has 1 aliphatic heterocycles. The van der Waals surface area contributed by atoms with E-state index < -0.39 is 0 Å². The molecule has 0 atom stereocenters. The number of carbonyl (C=O) groups is 2. The molecule has 1 aliphatic rings. The van der Waals surface area contributed by atoms with Gasteiger partial charge >= 0.3 is 0 Å². The number of thioether (sulfide) groups is 1. The van der Waals surface area contributed by atoms with Gasteiger partial charge in [0.05, 0.1) is 5.75 Å². The van der Waals surface area contributed by atoms with Crippen LogP contribution in [0.25, 0.3) is 4.96 Å². The van der Waals surface area contributed by atoms with E-state index in [1.807, 2.05) is 16.5 Å². The minimum atomic E-state index is 0.102. The Hall–Kier alpha value is -1.38. The Kier molecular flexibility index (Phi) is 4.04. The molecule has 0 unspecified atom stereocenters. The second-order valence-electron chi connectivity index (χ2n) is 4.40. The van der Waals surface area contributed by atoms with E-state index in [-0.39, 0.29) is 5.91 Å². The zero-order valence-corrected chi connectivity index (χ0v) is 12.4. The highest BCUT2D eigenvalue weighted by Crippen LogP contribution is 2.25. The smallest absolute Gasteiger partial charge is 0.233 e. The van der Waals surface area contributed by atoms with Crippen LogP contribution in [0.2, 0.25) is 0 Å². The third-order valence-electron chi connectivity index (χ3n) is 3.18. The maximum atomic E-state index is 12.1. The third kappa shape index (κ3) is 2.58. The lowest BCUT2D eigenvalue weighted by Gasteiger charge is -2.27. The molecular weight excluding hydrogens is 296 g/mol. The van der Waals surface area contributed by atoms with E-state index in [0.29, 0.717) is 16.5 Å². The van der Waals surface area contributed by atoms with Crippen LogP contribution in [-0.4, -0.2) is 58.4 Å². The average Bonchev–Trinajstić information content (AvgIpc) is 3.05. The molecule has 3 rings (SSSR count). The van der Waals surface area contributed by atoms with Crippen molar-refractivity contribution >= 4 is 40.3 Å². The lowest BCUT2D eigenvalue weighted by molar-refractivity contribution is -0.128. The number of rotatable bonds is 4. The summed E-state index contributed by atoms with van der Waals surface area (Å²) >= 11 is 2.81. The van der Waals surface area contributed by atoms with E-state index in [4.69, 9.17) is 0 Å². The fraction of sp³-hybridized carbons (Fsp3) is 0.417. The van der Waals surface area contributed by atoms with Crippen LogP contribution >= 0.6 is 23.1 Å². The van der Waals surface area contributed by atoms with Gasteiger partial charge in [0.15, 0.2) is 11.2 Å². The van der Waals surface area contributed by atoms with E-state index in [1.165, 1.54) is 23.1 Å². The number of fused-ring (bicyclic) bond motifs is 1. The summed E-state index contributed by atoms with van der Waals surface area (Å²) < 4.78 is 1.76. The van der Waals surface area contributed by atoms with Crippen LogP contribution in [0, 0.1) is 0 Å². The monoisotopic (exact) mass is 310 g/mol. The number of carbonyl (C=O) groups excluding carboxylic acids is 2. The summed E-state index contributed by atoms with van der Waals surface area (Å²) in [6.45, 7) is 3.18. The average molecular weight is 310 g/mol. The molecule has 0 radical (unpaired) electrons. The Morgan fingerprint density at radius 3 is 3.05 bits per heavy atom. The van der Waals surface area contributed by atoms with Gasteiger partial charge in [-0.05, 0) is 0 Å². The molecule has 8 heteroatoms.